The lowest BCUT2D eigenvalue weighted by atomic mass is 10.1. The van der Waals surface area contributed by atoms with Crippen LogP contribution < -0.4 is 0 Å². The molecule has 0 radical (unpaired) electrons. The lowest BCUT2D eigenvalue weighted by Crippen LogP contribution is -2.41. The van der Waals surface area contributed by atoms with Crippen molar-refractivity contribution in [3.8, 4) is 0 Å². The first-order valence-electron chi connectivity index (χ1n) is 4.69. The SMILES string of the molecule is CCN(C)C(=O)N1CCC(C)(O)C1. The van der Waals surface area contributed by atoms with E-state index in [4.69, 9.17) is 0 Å². The molecule has 0 aromatic rings. The Morgan fingerprint density at radius 2 is 2.31 bits per heavy atom. The molecule has 0 aromatic heterocycles. The van der Waals surface area contributed by atoms with Gasteiger partial charge in [-0.3, -0.25) is 0 Å². The lowest BCUT2D eigenvalue weighted by Gasteiger charge is -2.24. The van der Waals surface area contributed by atoms with E-state index >= 15 is 0 Å². The van der Waals surface area contributed by atoms with E-state index in [-0.39, 0.29) is 6.03 Å². The Labute approximate surface area is 79.1 Å². The summed E-state index contributed by atoms with van der Waals surface area (Å²) in [4.78, 5) is 15.0. The molecule has 76 valence electrons. The summed E-state index contributed by atoms with van der Waals surface area (Å²) in [5.74, 6) is 0. The van der Waals surface area contributed by atoms with Gasteiger partial charge in [0.15, 0.2) is 0 Å². The van der Waals surface area contributed by atoms with Gasteiger partial charge in [0.1, 0.15) is 0 Å². The number of carbonyl (C=O) groups is 1. The molecule has 1 aliphatic heterocycles. The van der Waals surface area contributed by atoms with Gasteiger partial charge >= 0.3 is 6.03 Å². The predicted octanol–water partition coefficient (Wildman–Crippen LogP) is 0.515. The molecule has 0 spiro atoms. The predicted molar refractivity (Wildman–Crippen MR) is 50.5 cm³/mol. The van der Waals surface area contributed by atoms with Crippen LogP contribution in [0.25, 0.3) is 0 Å². The van der Waals surface area contributed by atoms with E-state index < -0.39 is 5.60 Å². The van der Waals surface area contributed by atoms with Gasteiger partial charge in [-0.05, 0) is 20.3 Å². The minimum absolute atomic E-state index is 0.0141. The van der Waals surface area contributed by atoms with E-state index in [0.29, 0.717) is 26.1 Å². The van der Waals surface area contributed by atoms with E-state index in [1.807, 2.05) is 6.92 Å². The molecule has 4 heteroatoms. The molecule has 0 aliphatic carbocycles. The van der Waals surface area contributed by atoms with E-state index in [9.17, 15) is 9.90 Å². The fraction of sp³-hybridized carbons (Fsp3) is 0.889. The van der Waals surface area contributed by atoms with Crippen molar-refractivity contribution >= 4 is 6.03 Å². The monoisotopic (exact) mass is 186 g/mol. The van der Waals surface area contributed by atoms with Crippen molar-refractivity contribution in [1.82, 2.24) is 9.80 Å². The number of nitrogens with zero attached hydrogens (tertiary/aromatic N) is 2. The van der Waals surface area contributed by atoms with Crippen molar-refractivity contribution in [2.24, 2.45) is 0 Å². The Bertz CT molecular complexity index is 204. The number of likely N-dealkylation sites (tertiary alicyclic amines) is 1. The molecular weight excluding hydrogens is 168 g/mol. The third kappa shape index (κ3) is 2.34. The van der Waals surface area contributed by atoms with Gasteiger partial charge in [-0.2, -0.15) is 0 Å². The molecular formula is C9H18N2O2. The highest BCUT2D eigenvalue weighted by Crippen LogP contribution is 2.20. The van der Waals surface area contributed by atoms with Crippen LogP contribution >= 0.6 is 0 Å². The van der Waals surface area contributed by atoms with E-state index in [2.05, 4.69) is 0 Å². The zero-order chi connectivity index (χ0) is 10.1. The van der Waals surface area contributed by atoms with Gasteiger partial charge in [-0.15, -0.1) is 0 Å². The Balaban J connectivity index is 2.51. The zero-order valence-electron chi connectivity index (χ0n) is 8.58. The van der Waals surface area contributed by atoms with Crippen LogP contribution in [0.2, 0.25) is 0 Å². The van der Waals surface area contributed by atoms with Crippen LogP contribution in [0.15, 0.2) is 0 Å². The van der Waals surface area contributed by atoms with Crippen LogP contribution in [-0.2, 0) is 0 Å². The summed E-state index contributed by atoms with van der Waals surface area (Å²) in [6.07, 6.45) is 0.677. The minimum atomic E-state index is -0.690. The number of amides is 2. The van der Waals surface area contributed by atoms with Crippen LogP contribution in [0.1, 0.15) is 20.3 Å². The summed E-state index contributed by atoms with van der Waals surface area (Å²) in [6, 6.07) is 0.0141. The van der Waals surface area contributed by atoms with Crippen molar-refractivity contribution in [3.05, 3.63) is 0 Å². The largest absolute Gasteiger partial charge is 0.388 e. The lowest BCUT2D eigenvalue weighted by molar-refractivity contribution is 0.0696. The number of hydrogen-bond donors (Lipinski definition) is 1. The molecule has 1 aliphatic rings. The molecule has 2 amide bonds. The van der Waals surface area contributed by atoms with E-state index in [1.54, 1.807) is 23.8 Å². The molecule has 0 bridgehead atoms. The molecule has 1 atom stereocenters. The molecule has 0 aromatic carbocycles. The number of β-amino-alcohol motifs (C(OH)–C–C–N with tert-alkyl or cyclic N) is 1. The van der Waals surface area contributed by atoms with E-state index in [1.165, 1.54) is 0 Å². The third-order valence-corrected chi connectivity index (χ3v) is 2.52. The van der Waals surface area contributed by atoms with Crippen molar-refractivity contribution in [2.45, 2.75) is 25.9 Å². The second-order valence-electron chi connectivity index (χ2n) is 3.97. The molecule has 13 heavy (non-hydrogen) atoms. The topological polar surface area (TPSA) is 43.8 Å². The average Bonchev–Trinajstić information content (AvgIpc) is 2.43. The average molecular weight is 186 g/mol. The van der Waals surface area contributed by atoms with Gasteiger partial charge in [0, 0.05) is 20.1 Å². The number of urea groups is 1. The third-order valence-electron chi connectivity index (χ3n) is 2.52. The van der Waals surface area contributed by atoms with Gasteiger partial charge in [0.2, 0.25) is 0 Å². The van der Waals surface area contributed by atoms with Crippen LogP contribution in [0.3, 0.4) is 0 Å². The van der Waals surface area contributed by atoms with Crippen molar-refractivity contribution in [1.29, 1.82) is 0 Å². The van der Waals surface area contributed by atoms with Gasteiger partial charge in [0.05, 0.1) is 12.1 Å². The second-order valence-corrected chi connectivity index (χ2v) is 3.97. The maximum Gasteiger partial charge on any atom is 0.319 e. The summed E-state index contributed by atoms with van der Waals surface area (Å²) in [5, 5.41) is 9.66. The van der Waals surface area contributed by atoms with Crippen molar-refractivity contribution in [2.75, 3.05) is 26.7 Å². The Morgan fingerprint density at radius 1 is 1.69 bits per heavy atom. The molecule has 1 rings (SSSR count). The number of carbonyl (C=O) groups excluding carboxylic acids is 1. The minimum Gasteiger partial charge on any atom is -0.388 e. The molecule has 1 unspecified atom stereocenters. The first kappa shape index (κ1) is 10.3. The number of rotatable bonds is 1. The summed E-state index contributed by atoms with van der Waals surface area (Å²) < 4.78 is 0. The standard InChI is InChI=1S/C9H18N2O2/c1-4-10(3)8(12)11-6-5-9(2,13)7-11/h13H,4-7H2,1-3H3. The highest BCUT2D eigenvalue weighted by atomic mass is 16.3. The Morgan fingerprint density at radius 3 is 2.69 bits per heavy atom. The smallest absolute Gasteiger partial charge is 0.319 e. The molecule has 1 fully saturated rings. The highest BCUT2D eigenvalue weighted by Gasteiger charge is 2.34. The molecule has 1 N–H and O–H groups in total. The van der Waals surface area contributed by atoms with Crippen molar-refractivity contribution in [3.63, 3.8) is 0 Å². The summed E-state index contributed by atoms with van der Waals surface area (Å²) in [7, 11) is 1.77. The van der Waals surface area contributed by atoms with Gasteiger partial charge in [0.25, 0.3) is 0 Å². The zero-order valence-corrected chi connectivity index (χ0v) is 8.58. The van der Waals surface area contributed by atoms with Crippen LogP contribution in [-0.4, -0.2) is 53.2 Å². The Hall–Kier alpha value is -0.770. The maximum absolute atomic E-state index is 11.6. The first-order chi connectivity index (χ1) is 5.96. The van der Waals surface area contributed by atoms with Crippen LogP contribution in [0.5, 0.6) is 0 Å². The quantitative estimate of drug-likeness (QED) is 0.648. The number of hydrogen-bond acceptors (Lipinski definition) is 2. The molecule has 1 heterocycles. The fourth-order valence-electron chi connectivity index (χ4n) is 1.49. The summed E-state index contributed by atoms with van der Waals surface area (Å²) in [5.41, 5.74) is -0.690. The normalized spacial score (nSPS) is 27.8. The highest BCUT2D eigenvalue weighted by molar-refractivity contribution is 5.74. The van der Waals surface area contributed by atoms with Crippen LogP contribution in [0, 0.1) is 0 Å². The second kappa shape index (κ2) is 3.54. The summed E-state index contributed by atoms with van der Waals surface area (Å²) >= 11 is 0. The van der Waals surface area contributed by atoms with Gasteiger partial charge in [-0.1, -0.05) is 0 Å². The first-order valence-corrected chi connectivity index (χ1v) is 4.69. The van der Waals surface area contributed by atoms with Gasteiger partial charge in [-0.25, -0.2) is 4.79 Å². The van der Waals surface area contributed by atoms with E-state index in [0.717, 1.165) is 0 Å². The Kier molecular flexibility index (Phi) is 2.81. The van der Waals surface area contributed by atoms with Gasteiger partial charge < -0.3 is 14.9 Å². The number of aliphatic hydroxyl groups is 1. The van der Waals surface area contributed by atoms with Crippen LogP contribution in [0.4, 0.5) is 4.79 Å². The van der Waals surface area contributed by atoms with Crippen molar-refractivity contribution < 1.29 is 9.90 Å². The summed E-state index contributed by atoms with van der Waals surface area (Å²) in [6.45, 7) is 5.53. The molecule has 1 saturated heterocycles. The fourth-order valence-corrected chi connectivity index (χ4v) is 1.49. The molecule has 4 nitrogen and oxygen atoms in total. The molecule has 0 saturated carbocycles. The maximum atomic E-state index is 11.6.